The van der Waals surface area contributed by atoms with Crippen molar-refractivity contribution < 1.29 is 13.9 Å². The van der Waals surface area contributed by atoms with Crippen molar-refractivity contribution in [1.29, 1.82) is 0 Å². The molecule has 0 bridgehead atoms. The maximum absolute atomic E-state index is 12.7. The van der Waals surface area contributed by atoms with Crippen molar-refractivity contribution in [2.75, 3.05) is 38.2 Å². The van der Waals surface area contributed by atoms with Crippen LogP contribution in [0.25, 0.3) is 11.3 Å². The molecule has 0 unspecified atom stereocenters. The highest BCUT2D eigenvalue weighted by Gasteiger charge is 2.22. The molecular formula is C23H27N5O3. The number of oxazole rings is 1. The van der Waals surface area contributed by atoms with Crippen LogP contribution in [0.15, 0.2) is 40.9 Å². The van der Waals surface area contributed by atoms with E-state index in [1.807, 2.05) is 49.1 Å². The van der Waals surface area contributed by atoms with Crippen LogP contribution in [0.4, 0.5) is 5.82 Å². The van der Waals surface area contributed by atoms with E-state index in [4.69, 9.17) is 9.15 Å². The maximum atomic E-state index is 12.7. The molecule has 162 valence electrons. The van der Waals surface area contributed by atoms with Crippen LogP contribution in [-0.4, -0.2) is 59.0 Å². The molecule has 1 fully saturated rings. The zero-order chi connectivity index (χ0) is 21.8. The number of piperazine rings is 1. The number of anilines is 1. The molecule has 0 saturated carbocycles. The van der Waals surface area contributed by atoms with Crippen molar-refractivity contribution in [2.45, 2.75) is 26.7 Å². The fraction of sp³-hybridized carbons (Fsp3) is 0.391. The normalized spacial score (nSPS) is 14.0. The number of benzene rings is 1. The quantitative estimate of drug-likeness (QED) is 0.605. The van der Waals surface area contributed by atoms with Crippen LogP contribution in [0.2, 0.25) is 0 Å². The van der Waals surface area contributed by atoms with E-state index < -0.39 is 0 Å². The minimum absolute atomic E-state index is 0.124. The lowest BCUT2D eigenvalue weighted by atomic mass is 10.2. The summed E-state index contributed by atoms with van der Waals surface area (Å²) in [5.74, 6) is 3.88. The highest BCUT2D eigenvalue weighted by molar-refractivity contribution is 5.76. The van der Waals surface area contributed by atoms with E-state index in [-0.39, 0.29) is 5.91 Å². The Morgan fingerprint density at radius 3 is 2.52 bits per heavy atom. The van der Waals surface area contributed by atoms with Gasteiger partial charge in [0.1, 0.15) is 17.4 Å². The second-order valence-corrected chi connectivity index (χ2v) is 7.63. The van der Waals surface area contributed by atoms with E-state index in [0.29, 0.717) is 37.6 Å². The van der Waals surface area contributed by atoms with Gasteiger partial charge in [-0.1, -0.05) is 0 Å². The number of aromatic nitrogens is 3. The monoisotopic (exact) mass is 421 g/mol. The van der Waals surface area contributed by atoms with Crippen molar-refractivity contribution in [1.82, 2.24) is 19.9 Å². The van der Waals surface area contributed by atoms with Crippen LogP contribution in [0.3, 0.4) is 0 Å². The number of methoxy groups -OCH3 is 1. The van der Waals surface area contributed by atoms with E-state index in [2.05, 4.69) is 19.9 Å². The molecule has 3 aromatic rings. The standard InChI is InChI=1S/C23H27N5O3/c1-16-14-21(26-17(2)25-16)27-10-12-28(13-11-27)23(29)9-8-22-24-15-20(31-22)18-4-6-19(30-3)7-5-18/h4-7,14-15H,8-13H2,1-3H3. The average molecular weight is 422 g/mol. The number of carbonyl (C=O) groups excluding carboxylic acids is 1. The Morgan fingerprint density at radius 2 is 1.84 bits per heavy atom. The molecule has 1 aliphatic rings. The number of hydrogen-bond donors (Lipinski definition) is 0. The summed E-state index contributed by atoms with van der Waals surface area (Å²) in [4.78, 5) is 30.0. The third kappa shape index (κ3) is 5.02. The number of ether oxygens (including phenoxy) is 1. The molecule has 31 heavy (non-hydrogen) atoms. The predicted molar refractivity (Wildman–Crippen MR) is 117 cm³/mol. The number of hydrogen-bond acceptors (Lipinski definition) is 7. The molecule has 0 atom stereocenters. The van der Waals surface area contributed by atoms with E-state index in [9.17, 15) is 4.79 Å². The fourth-order valence-corrected chi connectivity index (χ4v) is 3.73. The van der Waals surface area contributed by atoms with Gasteiger partial charge in [0.05, 0.1) is 13.3 Å². The molecule has 1 aliphatic heterocycles. The smallest absolute Gasteiger partial charge is 0.223 e. The van der Waals surface area contributed by atoms with Crippen molar-refractivity contribution in [3.63, 3.8) is 0 Å². The first-order valence-corrected chi connectivity index (χ1v) is 10.5. The molecule has 8 heteroatoms. The van der Waals surface area contributed by atoms with E-state index in [1.54, 1.807) is 13.3 Å². The minimum atomic E-state index is 0.124. The lowest BCUT2D eigenvalue weighted by Crippen LogP contribution is -2.49. The number of nitrogens with zero attached hydrogens (tertiary/aromatic N) is 5. The Kier molecular flexibility index (Phi) is 6.16. The van der Waals surface area contributed by atoms with Crippen LogP contribution >= 0.6 is 0 Å². The Balaban J connectivity index is 1.28. The molecule has 1 saturated heterocycles. The first-order valence-electron chi connectivity index (χ1n) is 10.5. The van der Waals surface area contributed by atoms with Gasteiger partial charge in [-0.25, -0.2) is 15.0 Å². The molecule has 0 aliphatic carbocycles. The SMILES string of the molecule is COc1ccc(-c2cnc(CCC(=O)N3CCN(c4cc(C)nc(C)n4)CC3)o2)cc1. The molecule has 1 amide bonds. The Morgan fingerprint density at radius 1 is 1.10 bits per heavy atom. The minimum Gasteiger partial charge on any atom is -0.497 e. The fourth-order valence-electron chi connectivity index (χ4n) is 3.73. The topological polar surface area (TPSA) is 84.6 Å². The van der Waals surface area contributed by atoms with E-state index in [0.717, 1.165) is 41.7 Å². The molecule has 0 N–H and O–H groups in total. The molecular weight excluding hydrogens is 394 g/mol. The molecule has 2 aromatic heterocycles. The highest BCUT2D eigenvalue weighted by atomic mass is 16.5. The summed E-state index contributed by atoms with van der Waals surface area (Å²) in [5.41, 5.74) is 1.89. The maximum Gasteiger partial charge on any atom is 0.223 e. The lowest BCUT2D eigenvalue weighted by molar-refractivity contribution is -0.131. The van der Waals surface area contributed by atoms with Crippen molar-refractivity contribution >= 4 is 11.7 Å². The second kappa shape index (κ2) is 9.16. The summed E-state index contributed by atoms with van der Waals surface area (Å²) >= 11 is 0. The summed E-state index contributed by atoms with van der Waals surface area (Å²) in [6.07, 6.45) is 2.57. The number of rotatable bonds is 6. The number of carbonyl (C=O) groups is 1. The van der Waals surface area contributed by atoms with Gasteiger partial charge >= 0.3 is 0 Å². The molecule has 4 rings (SSSR count). The Bertz CT molecular complexity index is 1020. The Hall–Kier alpha value is -3.42. The van der Waals surface area contributed by atoms with Gasteiger partial charge < -0.3 is 19.0 Å². The van der Waals surface area contributed by atoms with E-state index in [1.165, 1.54) is 0 Å². The molecule has 8 nitrogen and oxygen atoms in total. The van der Waals surface area contributed by atoms with Gasteiger partial charge in [0.25, 0.3) is 0 Å². The van der Waals surface area contributed by atoms with Crippen LogP contribution in [0, 0.1) is 13.8 Å². The third-order valence-electron chi connectivity index (χ3n) is 5.39. The number of amides is 1. The van der Waals surface area contributed by atoms with Crippen molar-refractivity contribution in [3.05, 3.63) is 53.9 Å². The van der Waals surface area contributed by atoms with Gasteiger partial charge in [-0.2, -0.15) is 0 Å². The second-order valence-electron chi connectivity index (χ2n) is 7.63. The largest absolute Gasteiger partial charge is 0.497 e. The van der Waals surface area contributed by atoms with Gasteiger partial charge in [0.2, 0.25) is 5.91 Å². The van der Waals surface area contributed by atoms with Gasteiger partial charge in [-0.15, -0.1) is 0 Å². The van der Waals surface area contributed by atoms with Gasteiger partial charge in [-0.3, -0.25) is 4.79 Å². The number of aryl methyl sites for hydroxylation is 3. The molecule has 0 radical (unpaired) electrons. The zero-order valence-corrected chi connectivity index (χ0v) is 18.2. The van der Waals surface area contributed by atoms with Gasteiger partial charge in [0.15, 0.2) is 11.7 Å². The van der Waals surface area contributed by atoms with Crippen LogP contribution in [0.5, 0.6) is 5.75 Å². The molecule has 1 aromatic carbocycles. The Labute approximate surface area is 181 Å². The molecule has 0 spiro atoms. The summed E-state index contributed by atoms with van der Waals surface area (Å²) in [7, 11) is 1.64. The predicted octanol–water partition coefficient (Wildman–Crippen LogP) is 3.04. The first-order chi connectivity index (χ1) is 15.0. The van der Waals surface area contributed by atoms with Gasteiger partial charge in [0, 0.05) is 56.3 Å². The average Bonchev–Trinajstić information content (AvgIpc) is 3.26. The first kappa shape index (κ1) is 20.8. The summed E-state index contributed by atoms with van der Waals surface area (Å²) in [6, 6.07) is 9.60. The third-order valence-corrected chi connectivity index (χ3v) is 5.39. The van der Waals surface area contributed by atoms with E-state index >= 15 is 0 Å². The van der Waals surface area contributed by atoms with Crippen molar-refractivity contribution in [3.8, 4) is 17.1 Å². The summed E-state index contributed by atoms with van der Waals surface area (Å²) in [6.45, 7) is 6.78. The molecule has 3 heterocycles. The lowest BCUT2D eigenvalue weighted by Gasteiger charge is -2.35. The van der Waals surface area contributed by atoms with Crippen LogP contribution < -0.4 is 9.64 Å². The van der Waals surface area contributed by atoms with Crippen molar-refractivity contribution in [2.24, 2.45) is 0 Å². The van der Waals surface area contributed by atoms with Crippen LogP contribution in [-0.2, 0) is 11.2 Å². The zero-order valence-electron chi connectivity index (χ0n) is 18.2. The summed E-state index contributed by atoms with van der Waals surface area (Å²) < 4.78 is 11.0. The van der Waals surface area contributed by atoms with Crippen LogP contribution in [0.1, 0.15) is 23.8 Å². The summed E-state index contributed by atoms with van der Waals surface area (Å²) in [5, 5.41) is 0. The highest BCUT2D eigenvalue weighted by Crippen LogP contribution is 2.23. The van der Waals surface area contributed by atoms with Gasteiger partial charge in [-0.05, 0) is 38.1 Å².